The molecule has 106 valence electrons. The second kappa shape index (κ2) is 4.96. The number of nitrogens with two attached hydrogens (primary N) is 1. The minimum atomic E-state index is -0.338. The number of hydrogen-bond acceptors (Lipinski definition) is 4. The van der Waals surface area contributed by atoms with Crippen LogP contribution >= 0.6 is 0 Å². The van der Waals surface area contributed by atoms with Crippen LogP contribution in [0, 0.1) is 0 Å². The zero-order valence-corrected chi connectivity index (χ0v) is 11.8. The number of nitrogens with zero attached hydrogens (tertiary/aromatic N) is 2. The first-order valence-corrected chi connectivity index (χ1v) is 6.32. The zero-order valence-electron chi connectivity index (χ0n) is 11.8. The molecule has 1 aromatic heterocycles. The SMILES string of the molecule is CC(C)(C)NC(=O)Cn1cnc2ccc(N)cc2c1=O. The molecule has 0 fully saturated rings. The van der Waals surface area contributed by atoms with E-state index >= 15 is 0 Å². The Labute approximate surface area is 116 Å². The minimum absolute atomic E-state index is 0.0617. The highest BCUT2D eigenvalue weighted by Gasteiger charge is 2.15. The number of fused-ring (bicyclic) bond motifs is 1. The van der Waals surface area contributed by atoms with Gasteiger partial charge >= 0.3 is 0 Å². The molecule has 0 atom stereocenters. The van der Waals surface area contributed by atoms with Crippen LogP contribution in [0.15, 0.2) is 29.3 Å². The lowest BCUT2D eigenvalue weighted by atomic mass is 10.1. The second-order valence-corrected chi connectivity index (χ2v) is 5.75. The van der Waals surface area contributed by atoms with Crippen molar-refractivity contribution in [1.82, 2.24) is 14.9 Å². The van der Waals surface area contributed by atoms with Crippen molar-refractivity contribution in [2.75, 3.05) is 5.73 Å². The van der Waals surface area contributed by atoms with Crippen LogP contribution in [0.5, 0.6) is 0 Å². The first kappa shape index (κ1) is 14.0. The highest BCUT2D eigenvalue weighted by Crippen LogP contribution is 2.10. The van der Waals surface area contributed by atoms with Gasteiger partial charge in [-0.25, -0.2) is 4.98 Å². The molecule has 0 aliphatic heterocycles. The van der Waals surface area contributed by atoms with Gasteiger partial charge < -0.3 is 11.1 Å². The normalized spacial score (nSPS) is 11.6. The molecule has 6 nitrogen and oxygen atoms in total. The number of carbonyl (C=O) groups is 1. The fourth-order valence-electron chi connectivity index (χ4n) is 1.90. The lowest BCUT2D eigenvalue weighted by Gasteiger charge is -2.20. The molecule has 0 spiro atoms. The summed E-state index contributed by atoms with van der Waals surface area (Å²) in [6.07, 6.45) is 1.38. The summed E-state index contributed by atoms with van der Waals surface area (Å²) < 4.78 is 1.28. The molecule has 6 heteroatoms. The maximum atomic E-state index is 12.3. The molecule has 2 rings (SSSR count). The third-order valence-corrected chi connectivity index (χ3v) is 2.68. The van der Waals surface area contributed by atoms with Crippen LogP contribution in [0.4, 0.5) is 5.69 Å². The van der Waals surface area contributed by atoms with Gasteiger partial charge in [0.05, 0.1) is 17.2 Å². The van der Waals surface area contributed by atoms with Crippen molar-refractivity contribution in [2.24, 2.45) is 0 Å². The van der Waals surface area contributed by atoms with Gasteiger partial charge in [0.2, 0.25) is 5.91 Å². The van der Waals surface area contributed by atoms with Crippen molar-refractivity contribution in [3.63, 3.8) is 0 Å². The predicted molar refractivity (Wildman–Crippen MR) is 78.3 cm³/mol. The Hall–Kier alpha value is -2.37. The second-order valence-electron chi connectivity index (χ2n) is 5.75. The van der Waals surface area contributed by atoms with E-state index in [9.17, 15) is 9.59 Å². The van der Waals surface area contributed by atoms with Crippen LogP contribution < -0.4 is 16.6 Å². The quantitative estimate of drug-likeness (QED) is 0.796. The Morgan fingerprint density at radius 2 is 2.10 bits per heavy atom. The third-order valence-electron chi connectivity index (χ3n) is 2.68. The molecule has 1 heterocycles. The van der Waals surface area contributed by atoms with Gasteiger partial charge in [-0.3, -0.25) is 14.2 Å². The summed E-state index contributed by atoms with van der Waals surface area (Å²) in [5, 5.41) is 3.22. The molecular weight excluding hydrogens is 256 g/mol. The Morgan fingerprint density at radius 1 is 1.40 bits per heavy atom. The largest absolute Gasteiger partial charge is 0.399 e. The summed E-state index contributed by atoms with van der Waals surface area (Å²) in [7, 11) is 0. The number of anilines is 1. The van der Waals surface area contributed by atoms with Crippen LogP contribution in [-0.2, 0) is 11.3 Å². The number of hydrogen-bond donors (Lipinski definition) is 2. The van der Waals surface area contributed by atoms with E-state index in [-0.39, 0.29) is 23.6 Å². The van der Waals surface area contributed by atoms with E-state index in [1.54, 1.807) is 18.2 Å². The Morgan fingerprint density at radius 3 is 2.75 bits per heavy atom. The predicted octanol–water partition coefficient (Wildman–Crippen LogP) is 0.893. The van der Waals surface area contributed by atoms with Gasteiger partial charge in [-0.2, -0.15) is 0 Å². The molecule has 0 bridgehead atoms. The van der Waals surface area contributed by atoms with Crippen molar-refractivity contribution in [3.05, 3.63) is 34.9 Å². The third kappa shape index (κ3) is 3.14. The summed E-state index contributed by atoms with van der Waals surface area (Å²) in [6.45, 7) is 5.58. The molecule has 3 N–H and O–H groups in total. The topological polar surface area (TPSA) is 90.0 Å². The first-order valence-electron chi connectivity index (χ1n) is 6.32. The van der Waals surface area contributed by atoms with Crippen molar-refractivity contribution < 1.29 is 4.79 Å². The smallest absolute Gasteiger partial charge is 0.261 e. The van der Waals surface area contributed by atoms with Gasteiger partial charge in [0, 0.05) is 11.2 Å². The molecule has 0 radical (unpaired) electrons. The van der Waals surface area contributed by atoms with Gasteiger partial charge in [-0.15, -0.1) is 0 Å². The van der Waals surface area contributed by atoms with Crippen LogP contribution in [0.2, 0.25) is 0 Å². The average Bonchev–Trinajstić information content (AvgIpc) is 2.31. The minimum Gasteiger partial charge on any atom is -0.399 e. The van der Waals surface area contributed by atoms with E-state index in [0.29, 0.717) is 16.6 Å². The van der Waals surface area contributed by atoms with E-state index in [1.807, 2.05) is 20.8 Å². The fraction of sp³-hybridized carbons (Fsp3) is 0.357. The average molecular weight is 274 g/mol. The highest BCUT2D eigenvalue weighted by atomic mass is 16.2. The van der Waals surface area contributed by atoms with Gasteiger partial charge in [0.15, 0.2) is 0 Å². The Bertz CT molecular complexity index is 713. The summed E-state index contributed by atoms with van der Waals surface area (Å²) >= 11 is 0. The molecule has 2 aromatic rings. The lowest BCUT2D eigenvalue weighted by molar-refractivity contribution is -0.123. The van der Waals surface area contributed by atoms with Crippen molar-refractivity contribution in [1.29, 1.82) is 0 Å². The van der Waals surface area contributed by atoms with Gasteiger partial charge in [0.25, 0.3) is 5.56 Å². The maximum Gasteiger partial charge on any atom is 0.261 e. The molecule has 1 aromatic carbocycles. The Balaban J connectivity index is 2.34. The molecule has 0 unspecified atom stereocenters. The summed E-state index contributed by atoms with van der Waals surface area (Å²) in [5.74, 6) is -0.232. The highest BCUT2D eigenvalue weighted by molar-refractivity contribution is 5.81. The molecule has 1 amide bonds. The number of benzene rings is 1. The first-order chi connectivity index (χ1) is 9.26. The molecular formula is C14H18N4O2. The van der Waals surface area contributed by atoms with E-state index in [1.165, 1.54) is 10.9 Å². The summed E-state index contributed by atoms with van der Waals surface area (Å²) in [4.78, 5) is 28.3. The number of rotatable bonds is 2. The van der Waals surface area contributed by atoms with Crippen LogP contribution in [0.25, 0.3) is 10.9 Å². The van der Waals surface area contributed by atoms with Crippen LogP contribution in [0.1, 0.15) is 20.8 Å². The molecule has 0 saturated carbocycles. The Kier molecular flexibility index (Phi) is 3.48. The van der Waals surface area contributed by atoms with E-state index in [4.69, 9.17) is 5.73 Å². The number of carbonyl (C=O) groups excluding carboxylic acids is 1. The van der Waals surface area contributed by atoms with Gasteiger partial charge in [-0.05, 0) is 39.0 Å². The van der Waals surface area contributed by atoms with Crippen molar-refractivity contribution >= 4 is 22.5 Å². The van der Waals surface area contributed by atoms with Crippen LogP contribution in [-0.4, -0.2) is 21.0 Å². The standard InChI is InChI=1S/C14H18N4O2/c1-14(2,3)17-12(19)7-18-8-16-11-5-4-9(15)6-10(11)13(18)20/h4-6,8H,7,15H2,1-3H3,(H,17,19). The maximum absolute atomic E-state index is 12.3. The summed E-state index contributed by atoms with van der Waals surface area (Å²) in [6, 6.07) is 4.94. The molecule has 20 heavy (non-hydrogen) atoms. The molecule has 0 aliphatic carbocycles. The number of amides is 1. The van der Waals surface area contributed by atoms with Gasteiger partial charge in [0.1, 0.15) is 6.54 Å². The van der Waals surface area contributed by atoms with Crippen LogP contribution in [0.3, 0.4) is 0 Å². The van der Waals surface area contributed by atoms with E-state index in [2.05, 4.69) is 10.3 Å². The molecule has 0 aliphatic rings. The van der Waals surface area contributed by atoms with Gasteiger partial charge in [-0.1, -0.05) is 0 Å². The monoisotopic (exact) mass is 274 g/mol. The van der Waals surface area contributed by atoms with Crippen molar-refractivity contribution in [2.45, 2.75) is 32.9 Å². The lowest BCUT2D eigenvalue weighted by Crippen LogP contribution is -2.43. The fourth-order valence-corrected chi connectivity index (χ4v) is 1.90. The van der Waals surface area contributed by atoms with E-state index in [0.717, 1.165) is 0 Å². The van der Waals surface area contributed by atoms with E-state index < -0.39 is 0 Å². The zero-order chi connectivity index (χ0) is 14.9. The number of aromatic nitrogens is 2. The number of nitrogens with one attached hydrogen (secondary N) is 1. The van der Waals surface area contributed by atoms with Crippen molar-refractivity contribution in [3.8, 4) is 0 Å². The number of nitrogen functional groups attached to an aromatic ring is 1. The summed E-state index contributed by atoms with van der Waals surface area (Å²) in [5.41, 5.74) is 6.12. The molecule has 0 saturated heterocycles.